The van der Waals surface area contributed by atoms with Crippen molar-refractivity contribution < 1.29 is 14.6 Å². The molecule has 1 amide bonds. The zero-order valence-electron chi connectivity index (χ0n) is 20.1. The van der Waals surface area contributed by atoms with E-state index >= 15 is 0 Å². The molecule has 1 N–H and O–H groups in total. The van der Waals surface area contributed by atoms with E-state index < -0.39 is 32.5 Å². The summed E-state index contributed by atoms with van der Waals surface area (Å²) in [6.45, 7) is 14.4. The normalized spacial score (nSPS) is 12.3. The molecule has 0 radical (unpaired) electrons. The minimum absolute atomic E-state index is 0.0775. The molecule has 8 heteroatoms. The van der Waals surface area contributed by atoms with E-state index in [1.165, 1.54) is 59.6 Å². The number of anilines is 1. The first kappa shape index (κ1) is 27.9. The first-order valence-electron chi connectivity index (χ1n) is 11.7. The fraction of sp³-hybridized carbons (Fsp3) is 0.818. The molecule has 30 heavy (non-hydrogen) atoms. The van der Waals surface area contributed by atoms with Gasteiger partial charge in [0.15, 0.2) is 0 Å². The van der Waals surface area contributed by atoms with E-state index in [0.717, 1.165) is 6.04 Å². The molecular weight excluding hydrogens is 519 g/mol. The van der Waals surface area contributed by atoms with Crippen LogP contribution in [0.2, 0.25) is 39.0 Å². The standard InChI is InChI=1S/C10H17N2O3SSi.3C4H9.Sn/c1-17(2,3)7-5-15-8-12(10(13)14)9-11-4-6-16-9;3*1-3-4-2;/h4H,5,7-8H2,1-3H3,(H,13,14);3*1,3-4H2,2H3;. The zero-order valence-corrected chi connectivity index (χ0v) is 24.8. The van der Waals surface area contributed by atoms with E-state index in [4.69, 9.17) is 4.74 Å². The number of hydrogen-bond donors (Lipinski definition) is 1. The van der Waals surface area contributed by atoms with E-state index in [9.17, 15) is 9.90 Å². The van der Waals surface area contributed by atoms with Crippen LogP contribution in [0.3, 0.4) is 0 Å². The molecule has 1 aromatic rings. The predicted molar refractivity (Wildman–Crippen MR) is 136 cm³/mol. The van der Waals surface area contributed by atoms with E-state index in [1.54, 1.807) is 11.3 Å². The molecule has 1 rings (SSSR count). The molecule has 0 aromatic carbocycles. The van der Waals surface area contributed by atoms with Crippen molar-refractivity contribution in [3.05, 3.63) is 6.20 Å². The number of aromatic nitrogens is 1. The summed E-state index contributed by atoms with van der Waals surface area (Å²) in [5.41, 5.74) is 0. The molecule has 5 nitrogen and oxygen atoms in total. The number of carboxylic acid groups (broad SMARTS) is 1. The van der Waals surface area contributed by atoms with Gasteiger partial charge in [-0.05, 0) is 0 Å². The summed E-state index contributed by atoms with van der Waals surface area (Å²) in [6, 6.07) is 1.04. The Kier molecular flexibility index (Phi) is 13.1. The second-order valence-electron chi connectivity index (χ2n) is 9.66. The average molecular weight is 563 g/mol. The molecule has 0 saturated heterocycles. The number of ether oxygens (including phenoxy) is 1. The summed E-state index contributed by atoms with van der Waals surface area (Å²) >= 11 is -0.921. The molecule has 174 valence electrons. The number of carbonyl (C=O) groups is 1. The molecule has 0 spiro atoms. The van der Waals surface area contributed by atoms with E-state index in [-0.39, 0.29) is 6.73 Å². The van der Waals surface area contributed by atoms with Gasteiger partial charge in [0, 0.05) is 0 Å². The van der Waals surface area contributed by atoms with Gasteiger partial charge < -0.3 is 0 Å². The van der Waals surface area contributed by atoms with Gasteiger partial charge in [-0.2, -0.15) is 0 Å². The van der Waals surface area contributed by atoms with Crippen LogP contribution < -0.4 is 7.79 Å². The average Bonchev–Trinajstić information content (AvgIpc) is 3.16. The van der Waals surface area contributed by atoms with Crippen molar-refractivity contribution >= 4 is 51.9 Å². The van der Waals surface area contributed by atoms with Gasteiger partial charge in [-0.15, -0.1) is 0 Å². The van der Waals surface area contributed by atoms with Gasteiger partial charge in [0.1, 0.15) is 0 Å². The monoisotopic (exact) mass is 564 g/mol. The van der Waals surface area contributed by atoms with Crippen LogP contribution >= 0.6 is 11.3 Å². The second kappa shape index (κ2) is 14.1. The van der Waals surface area contributed by atoms with Crippen molar-refractivity contribution in [3.63, 3.8) is 0 Å². The van der Waals surface area contributed by atoms with Gasteiger partial charge in [-0.1, -0.05) is 0 Å². The Hall–Kier alpha value is -0.124. The van der Waals surface area contributed by atoms with E-state index in [1.807, 2.05) is 6.20 Å². The summed E-state index contributed by atoms with van der Waals surface area (Å²) in [7, 11) is -1.19. The maximum absolute atomic E-state index is 11.9. The Morgan fingerprint density at radius 2 is 1.63 bits per heavy atom. The van der Waals surface area contributed by atoms with Crippen LogP contribution in [0.1, 0.15) is 59.3 Å². The Bertz CT molecular complexity index is 600. The molecular formula is C22H44N2O3SSiSn. The maximum atomic E-state index is 11.9. The van der Waals surface area contributed by atoms with Crippen molar-refractivity contribution in [1.29, 1.82) is 0 Å². The fourth-order valence-electron chi connectivity index (χ4n) is 3.65. The number of hydrogen-bond acceptors (Lipinski definition) is 4. The SMILES string of the molecule is CCC[CH2][Sn]([CH2]CCC)([CH2]CCC)[c]1cnc(N(COCC[Si](C)(C)C)C(=O)O)s1. The zero-order chi connectivity index (χ0) is 22.6. The molecule has 0 saturated carbocycles. The van der Waals surface area contributed by atoms with Crippen LogP contribution in [0.25, 0.3) is 0 Å². The van der Waals surface area contributed by atoms with Gasteiger partial charge >= 0.3 is 194 Å². The minimum atomic E-state index is -2.57. The van der Waals surface area contributed by atoms with Gasteiger partial charge in [0.2, 0.25) is 0 Å². The third kappa shape index (κ3) is 9.57. The first-order valence-corrected chi connectivity index (χ1v) is 23.7. The third-order valence-electron chi connectivity index (χ3n) is 5.72. The van der Waals surface area contributed by atoms with Crippen molar-refractivity contribution in [2.24, 2.45) is 0 Å². The summed E-state index contributed by atoms with van der Waals surface area (Å²) < 4.78 is 11.3. The number of amides is 1. The van der Waals surface area contributed by atoms with Crippen LogP contribution in [-0.2, 0) is 4.74 Å². The molecule has 0 bridgehead atoms. The molecule has 0 aliphatic heterocycles. The van der Waals surface area contributed by atoms with Crippen LogP contribution in [0, 0.1) is 0 Å². The number of rotatable bonds is 16. The molecule has 0 aliphatic carbocycles. The van der Waals surface area contributed by atoms with E-state index in [0.29, 0.717) is 11.7 Å². The van der Waals surface area contributed by atoms with E-state index in [2.05, 4.69) is 45.4 Å². The quantitative estimate of drug-likeness (QED) is 0.134. The third-order valence-corrected chi connectivity index (χ3v) is 26.6. The van der Waals surface area contributed by atoms with Crippen LogP contribution in [0.4, 0.5) is 9.93 Å². The van der Waals surface area contributed by atoms with Gasteiger partial charge in [0.25, 0.3) is 0 Å². The van der Waals surface area contributed by atoms with Crippen molar-refractivity contribution in [3.8, 4) is 0 Å². The predicted octanol–water partition coefficient (Wildman–Crippen LogP) is 7.00. The Balaban J connectivity index is 3.03. The fourth-order valence-corrected chi connectivity index (χ4v) is 24.0. The molecule has 0 fully saturated rings. The van der Waals surface area contributed by atoms with Crippen LogP contribution in [-0.4, -0.2) is 56.0 Å². The molecule has 1 heterocycles. The summed E-state index contributed by atoms with van der Waals surface area (Å²) in [5.74, 6) is 0. The summed E-state index contributed by atoms with van der Waals surface area (Å²) in [5, 5.41) is 10.4. The first-order chi connectivity index (χ1) is 14.2. The molecule has 0 unspecified atom stereocenters. The van der Waals surface area contributed by atoms with Crippen molar-refractivity contribution in [2.45, 2.75) is 98.3 Å². The van der Waals surface area contributed by atoms with Gasteiger partial charge in [-0.25, -0.2) is 0 Å². The van der Waals surface area contributed by atoms with Crippen molar-refractivity contribution in [2.75, 3.05) is 18.2 Å². The van der Waals surface area contributed by atoms with Crippen LogP contribution in [0.15, 0.2) is 6.20 Å². The van der Waals surface area contributed by atoms with Crippen LogP contribution in [0.5, 0.6) is 0 Å². The Morgan fingerprint density at radius 1 is 1.10 bits per heavy atom. The second-order valence-corrected chi connectivity index (χ2v) is 30.4. The molecule has 1 aromatic heterocycles. The summed E-state index contributed by atoms with van der Waals surface area (Å²) in [6.07, 6.45) is 8.63. The molecule has 0 aliphatic rings. The summed E-state index contributed by atoms with van der Waals surface area (Å²) in [4.78, 5) is 17.8. The number of unbranched alkanes of at least 4 members (excludes halogenated alkanes) is 3. The molecule has 0 atom stereocenters. The number of nitrogens with zero attached hydrogens (tertiary/aromatic N) is 2. The van der Waals surface area contributed by atoms with Gasteiger partial charge in [-0.3, -0.25) is 0 Å². The van der Waals surface area contributed by atoms with Gasteiger partial charge in [0.05, 0.1) is 0 Å². The topological polar surface area (TPSA) is 62.7 Å². The number of thiazole rings is 1. The van der Waals surface area contributed by atoms with Crippen molar-refractivity contribution in [1.82, 2.24) is 4.98 Å². The Labute approximate surface area is 193 Å². The Morgan fingerprint density at radius 3 is 2.07 bits per heavy atom.